The zero-order chi connectivity index (χ0) is 34.4. The van der Waals surface area contributed by atoms with Gasteiger partial charge in [0.25, 0.3) is 0 Å². The maximum Gasteiger partial charge on any atom is 0.338 e. The van der Waals surface area contributed by atoms with Gasteiger partial charge >= 0.3 is 11.9 Å². The van der Waals surface area contributed by atoms with E-state index in [1.54, 1.807) is 46.6 Å². The summed E-state index contributed by atoms with van der Waals surface area (Å²) in [4.78, 5) is 29.9. The number of likely N-dealkylation sites (tertiary alicyclic amines) is 1. The van der Waals surface area contributed by atoms with Crippen molar-refractivity contribution in [3.05, 3.63) is 23.8 Å². The number of esters is 2. The van der Waals surface area contributed by atoms with Gasteiger partial charge in [0.2, 0.25) is 0 Å². The summed E-state index contributed by atoms with van der Waals surface area (Å²) in [5.74, 6) is -1.32. The predicted octanol–water partition coefficient (Wildman–Crippen LogP) is 2.72. The molecule has 0 radical (unpaired) electrons. The lowest BCUT2D eigenvalue weighted by molar-refractivity contribution is -0.287. The lowest BCUT2D eigenvalue weighted by atomic mass is 9.43. The molecule has 1 N–H and O–H groups in total. The second-order valence-corrected chi connectivity index (χ2v) is 15.0. The SMILES string of the molecule is CCN1C[C@]2(COC)CC[C@H](OC)[C@@]34[C@@H]2[C@@H](OC)[C@@H]([C@@H]13)[C@]1(OC(C)=O)C[C@H](OC)[C@]2(O)C[C@H]4[C@H]1[C@H]2OC(=O)c1ccc(OC)c(OC)c1. The van der Waals surface area contributed by atoms with Gasteiger partial charge in [-0.1, -0.05) is 6.92 Å². The predicted molar refractivity (Wildman–Crippen MR) is 171 cm³/mol. The molecule has 5 aliphatic carbocycles. The molecule has 12 heteroatoms. The Kier molecular flexibility index (Phi) is 8.36. The first-order valence-electron chi connectivity index (χ1n) is 17.2. The van der Waals surface area contributed by atoms with Crippen LogP contribution in [0.3, 0.4) is 0 Å². The lowest BCUT2D eigenvalue weighted by Crippen LogP contribution is -2.77. The highest BCUT2D eigenvalue weighted by Crippen LogP contribution is 2.80. The lowest BCUT2D eigenvalue weighted by Gasteiger charge is -2.69. The van der Waals surface area contributed by atoms with Gasteiger partial charge in [0.1, 0.15) is 17.3 Å². The molecule has 0 amide bonds. The molecule has 1 aromatic rings. The van der Waals surface area contributed by atoms with Crippen molar-refractivity contribution in [1.82, 2.24) is 4.90 Å². The van der Waals surface area contributed by atoms with Crippen LogP contribution in [0.2, 0.25) is 0 Å². The highest BCUT2D eigenvalue weighted by molar-refractivity contribution is 5.90. The zero-order valence-electron chi connectivity index (χ0n) is 29.4. The van der Waals surface area contributed by atoms with Crippen LogP contribution in [0.15, 0.2) is 18.2 Å². The first kappa shape index (κ1) is 34.0. The van der Waals surface area contributed by atoms with Crippen LogP contribution in [0.4, 0.5) is 0 Å². The van der Waals surface area contributed by atoms with Crippen LogP contribution < -0.4 is 9.47 Å². The van der Waals surface area contributed by atoms with E-state index in [1.165, 1.54) is 21.1 Å². The van der Waals surface area contributed by atoms with Crippen LogP contribution in [0.5, 0.6) is 11.5 Å². The number of piperidine rings is 1. The van der Waals surface area contributed by atoms with E-state index in [4.69, 9.17) is 37.9 Å². The summed E-state index contributed by atoms with van der Waals surface area (Å²) >= 11 is 0. The van der Waals surface area contributed by atoms with Gasteiger partial charge in [0.15, 0.2) is 11.5 Å². The Morgan fingerprint density at radius 1 is 0.958 bits per heavy atom. The van der Waals surface area contributed by atoms with Gasteiger partial charge in [-0.05, 0) is 49.9 Å². The van der Waals surface area contributed by atoms with E-state index < -0.39 is 46.7 Å². The molecule has 1 aromatic carbocycles. The molecule has 0 unspecified atom stereocenters. The largest absolute Gasteiger partial charge is 0.493 e. The summed E-state index contributed by atoms with van der Waals surface area (Å²) in [5.41, 5.74) is -3.23. The van der Waals surface area contributed by atoms with Crippen molar-refractivity contribution >= 4 is 11.9 Å². The Hall–Kier alpha value is -2.48. The average Bonchev–Trinajstić information content (AvgIpc) is 3.45. The quantitative estimate of drug-likeness (QED) is 0.347. The molecule has 6 fully saturated rings. The summed E-state index contributed by atoms with van der Waals surface area (Å²) in [6.07, 6.45) is -0.0408. The molecular weight excluding hydrogens is 622 g/mol. The number of carbonyl (C=O) groups is 2. The van der Waals surface area contributed by atoms with Crippen molar-refractivity contribution < 1.29 is 52.6 Å². The van der Waals surface area contributed by atoms with E-state index >= 15 is 0 Å². The van der Waals surface area contributed by atoms with Gasteiger partial charge in [-0.25, -0.2) is 4.79 Å². The minimum absolute atomic E-state index is 0.0139. The smallest absolute Gasteiger partial charge is 0.338 e. The molecule has 1 heterocycles. The number of methoxy groups -OCH3 is 6. The molecule has 7 rings (SSSR count). The van der Waals surface area contributed by atoms with Crippen LogP contribution in [-0.4, -0.2) is 126 Å². The molecule has 7 bridgehead atoms. The van der Waals surface area contributed by atoms with Gasteiger partial charge in [0, 0.05) is 83.0 Å². The number of fused-ring (bicyclic) bond motifs is 2. The van der Waals surface area contributed by atoms with E-state index in [9.17, 15) is 14.7 Å². The molecule has 0 aromatic heterocycles. The van der Waals surface area contributed by atoms with Crippen LogP contribution in [0.25, 0.3) is 0 Å². The van der Waals surface area contributed by atoms with Crippen molar-refractivity contribution in [1.29, 1.82) is 0 Å². The van der Waals surface area contributed by atoms with Gasteiger partial charge in [-0.15, -0.1) is 0 Å². The summed E-state index contributed by atoms with van der Waals surface area (Å²) < 4.78 is 49.2. The number of ether oxygens (including phenoxy) is 8. The minimum Gasteiger partial charge on any atom is -0.493 e. The Labute approximate surface area is 282 Å². The molecule has 6 aliphatic rings. The fraction of sp³-hybridized carbons (Fsp3) is 0.778. The van der Waals surface area contributed by atoms with E-state index in [0.717, 1.165) is 25.9 Å². The van der Waals surface area contributed by atoms with E-state index in [0.29, 0.717) is 24.5 Å². The number of carbonyl (C=O) groups excluding carboxylic acids is 2. The topological polar surface area (TPSA) is 131 Å². The Morgan fingerprint density at radius 2 is 1.69 bits per heavy atom. The minimum atomic E-state index is -1.55. The summed E-state index contributed by atoms with van der Waals surface area (Å²) in [6, 6.07) is 4.76. The molecule has 5 saturated carbocycles. The van der Waals surface area contributed by atoms with Gasteiger partial charge in [-0.3, -0.25) is 9.69 Å². The number of benzene rings is 1. The number of rotatable bonds is 11. The number of nitrogens with zero attached hydrogens (tertiary/aromatic N) is 1. The average molecular weight is 674 g/mol. The van der Waals surface area contributed by atoms with Crippen LogP contribution in [0.1, 0.15) is 49.9 Å². The molecule has 1 aliphatic heterocycles. The Balaban J connectivity index is 1.45. The Bertz CT molecular complexity index is 1440. The summed E-state index contributed by atoms with van der Waals surface area (Å²) in [5, 5.41) is 12.9. The maximum absolute atomic E-state index is 14.1. The van der Waals surface area contributed by atoms with Crippen molar-refractivity contribution in [2.45, 2.75) is 81.2 Å². The zero-order valence-corrected chi connectivity index (χ0v) is 29.4. The molecular formula is C36H51NO11. The normalized spacial score (nSPS) is 45.1. The van der Waals surface area contributed by atoms with Crippen molar-refractivity contribution in [3.8, 4) is 11.5 Å². The van der Waals surface area contributed by atoms with Crippen molar-refractivity contribution in [2.75, 3.05) is 62.4 Å². The van der Waals surface area contributed by atoms with Gasteiger partial charge in [-0.2, -0.15) is 0 Å². The molecule has 12 nitrogen and oxygen atoms in total. The van der Waals surface area contributed by atoms with Crippen LogP contribution in [0, 0.1) is 34.5 Å². The standard InChI is InChI=1S/C36H51NO11/c1-9-37-17-33(18-41-3)13-12-24(44-6)36-21-15-34(40)25(45-7)16-35(48-19(2)38,27(30(36)37)28(46-8)29(33)36)26(21)31(34)47-32(39)20-10-11-22(42-4)23(14-20)43-5/h10-11,14,21,24-31,40H,9,12-13,15-18H2,1-8H3/t21-,24-,25-,26-,27-,28-,29+,30+,31+,33-,34+,35-,36-/m0/s1. The molecule has 13 atom stereocenters. The monoisotopic (exact) mass is 673 g/mol. The summed E-state index contributed by atoms with van der Waals surface area (Å²) in [6.45, 7) is 5.75. The summed E-state index contributed by atoms with van der Waals surface area (Å²) in [7, 11) is 9.88. The Morgan fingerprint density at radius 3 is 2.29 bits per heavy atom. The molecule has 1 spiro atoms. The van der Waals surface area contributed by atoms with E-state index in [2.05, 4.69) is 11.8 Å². The fourth-order valence-electron chi connectivity index (χ4n) is 12.7. The molecule has 1 saturated heterocycles. The number of hydrogen-bond donors (Lipinski definition) is 1. The first-order chi connectivity index (χ1) is 23.0. The van der Waals surface area contributed by atoms with E-state index in [1.807, 2.05) is 0 Å². The third-order valence-electron chi connectivity index (χ3n) is 13.6. The first-order valence-corrected chi connectivity index (χ1v) is 17.2. The van der Waals surface area contributed by atoms with Crippen molar-refractivity contribution in [2.24, 2.45) is 34.5 Å². The molecule has 266 valence electrons. The van der Waals surface area contributed by atoms with Gasteiger partial charge in [0.05, 0.1) is 44.7 Å². The number of aliphatic hydroxyl groups is 1. The maximum atomic E-state index is 14.1. The second-order valence-electron chi connectivity index (χ2n) is 15.0. The van der Waals surface area contributed by atoms with Crippen molar-refractivity contribution in [3.63, 3.8) is 0 Å². The third kappa shape index (κ3) is 4.10. The second kappa shape index (κ2) is 11.8. The van der Waals surface area contributed by atoms with Crippen LogP contribution in [-0.2, 0) is 33.2 Å². The van der Waals surface area contributed by atoms with Gasteiger partial charge < -0.3 is 43.0 Å². The van der Waals surface area contributed by atoms with Crippen LogP contribution >= 0.6 is 0 Å². The highest BCUT2D eigenvalue weighted by Gasteiger charge is 2.89. The molecule has 48 heavy (non-hydrogen) atoms. The highest BCUT2D eigenvalue weighted by atomic mass is 16.6. The third-order valence-corrected chi connectivity index (χ3v) is 13.6. The number of hydrogen-bond acceptors (Lipinski definition) is 12. The fourth-order valence-corrected chi connectivity index (χ4v) is 12.7. The van der Waals surface area contributed by atoms with E-state index in [-0.39, 0.29) is 53.4 Å².